The monoisotopic (exact) mass is 202 g/mol. The molecule has 15 heavy (non-hydrogen) atoms. The number of aryl methyl sites for hydroxylation is 1. The van der Waals surface area contributed by atoms with Gasteiger partial charge in [-0.3, -0.25) is 4.79 Å². The second kappa shape index (κ2) is 3.97. The predicted octanol–water partition coefficient (Wildman–Crippen LogP) is 2.19. The van der Waals surface area contributed by atoms with Gasteiger partial charge in [0.1, 0.15) is 6.29 Å². The lowest BCUT2D eigenvalue weighted by Gasteiger charge is -2.00. The summed E-state index contributed by atoms with van der Waals surface area (Å²) in [6.07, 6.45) is 2.87. The number of benzene rings is 1. The van der Waals surface area contributed by atoms with Crippen LogP contribution in [0, 0.1) is 5.92 Å². The molecule has 0 aromatic heterocycles. The van der Waals surface area contributed by atoms with E-state index in [1.807, 2.05) is 12.1 Å². The lowest BCUT2D eigenvalue weighted by atomic mass is 10.0. The molecule has 0 saturated heterocycles. The molecular weight excluding hydrogens is 188 g/mol. The first-order valence-electron chi connectivity index (χ1n) is 5.36. The molecule has 0 N–H and O–H groups in total. The summed E-state index contributed by atoms with van der Waals surface area (Å²) in [6, 6.07) is 6.06. The smallest absolute Gasteiger partial charge is 0.166 e. The minimum Gasteiger partial charge on any atom is -0.303 e. The van der Waals surface area contributed by atoms with Crippen molar-refractivity contribution in [2.24, 2.45) is 5.92 Å². The third-order valence-corrected chi connectivity index (χ3v) is 3.07. The molecule has 1 aromatic rings. The van der Waals surface area contributed by atoms with Gasteiger partial charge in [-0.1, -0.05) is 19.1 Å². The van der Waals surface area contributed by atoms with E-state index in [-0.39, 0.29) is 11.7 Å². The van der Waals surface area contributed by atoms with Crippen LogP contribution in [0.1, 0.15) is 34.8 Å². The van der Waals surface area contributed by atoms with Gasteiger partial charge in [-0.15, -0.1) is 0 Å². The summed E-state index contributed by atoms with van der Waals surface area (Å²) in [4.78, 5) is 22.3. The van der Waals surface area contributed by atoms with Crippen molar-refractivity contribution in [3.63, 3.8) is 0 Å². The Kier molecular flexibility index (Phi) is 2.67. The number of carbonyl (C=O) groups excluding carboxylic acids is 2. The Morgan fingerprint density at radius 3 is 2.93 bits per heavy atom. The first-order valence-corrected chi connectivity index (χ1v) is 5.36. The Morgan fingerprint density at radius 2 is 2.27 bits per heavy atom. The fourth-order valence-corrected chi connectivity index (χ4v) is 2.14. The van der Waals surface area contributed by atoms with E-state index in [1.54, 1.807) is 0 Å². The minimum atomic E-state index is -0.107. The highest BCUT2D eigenvalue weighted by Crippen LogP contribution is 2.29. The summed E-state index contributed by atoms with van der Waals surface area (Å²) >= 11 is 0. The van der Waals surface area contributed by atoms with Crippen molar-refractivity contribution in [1.29, 1.82) is 0 Å². The van der Waals surface area contributed by atoms with Crippen molar-refractivity contribution >= 4 is 12.1 Å². The van der Waals surface area contributed by atoms with Crippen LogP contribution in [0.15, 0.2) is 18.2 Å². The summed E-state index contributed by atoms with van der Waals surface area (Å²) < 4.78 is 0. The quantitative estimate of drug-likeness (QED) is 0.704. The highest BCUT2D eigenvalue weighted by Gasteiger charge is 2.29. The lowest BCUT2D eigenvalue weighted by Crippen LogP contribution is -2.09. The molecule has 2 nitrogen and oxygen atoms in total. The van der Waals surface area contributed by atoms with Crippen LogP contribution < -0.4 is 0 Å². The van der Waals surface area contributed by atoms with Crippen LogP contribution in [0.4, 0.5) is 0 Å². The highest BCUT2D eigenvalue weighted by molar-refractivity contribution is 6.03. The number of hydrogen-bond acceptors (Lipinski definition) is 2. The van der Waals surface area contributed by atoms with Crippen LogP contribution in [-0.2, 0) is 17.6 Å². The molecule has 0 fully saturated rings. The Hall–Kier alpha value is -1.44. The van der Waals surface area contributed by atoms with Gasteiger partial charge in [0.2, 0.25) is 0 Å². The molecule has 0 radical (unpaired) electrons. The average Bonchev–Trinajstić information content (AvgIpc) is 2.56. The fraction of sp³-hybridized carbons (Fsp3) is 0.385. The molecule has 1 atom stereocenters. The Bertz CT molecular complexity index is 407. The lowest BCUT2D eigenvalue weighted by molar-refractivity contribution is -0.108. The van der Waals surface area contributed by atoms with Gasteiger partial charge in [-0.2, -0.15) is 0 Å². The predicted molar refractivity (Wildman–Crippen MR) is 58.0 cm³/mol. The maximum absolute atomic E-state index is 11.9. The molecule has 0 amide bonds. The first kappa shape index (κ1) is 10.1. The standard InChI is InChI=1S/C13H14O2/c1-2-9-3-4-10-8-11(5-6-14)13(15)12(10)7-9/h3-4,6-7,11H,2,5,8H2,1H3. The number of hydrogen-bond donors (Lipinski definition) is 0. The number of carbonyl (C=O) groups is 2. The van der Waals surface area contributed by atoms with Gasteiger partial charge >= 0.3 is 0 Å². The normalized spacial score (nSPS) is 19.0. The summed E-state index contributed by atoms with van der Waals surface area (Å²) in [7, 11) is 0. The minimum absolute atomic E-state index is 0.107. The third kappa shape index (κ3) is 1.72. The van der Waals surface area contributed by atoms with Crippen molar-refractivity contribution in [1.82, 2.24) is 0 Å². The van der Waals surface area contributed by atoms with Gasteiger partial charge in [0.15, 0.2) is 5.78 Å². The fourth-order valence-electron chi connectivity index (χ4n) is 2.14. The Morgan fingerprint density at radius 1 is 1.47 bits per heavy atom. The number of Topliss-reactive ketones (excluding diaryl/α,β-unsaturated/α-hetero) is 1. The van der Waals surface area contributed by atoms with Crippen molar-refractivity contribution in [2.45, 2.75) is 26.2 Å². The molecule has 2 heteroatoms. The molecule has 1 unspecified atom stereocenters. The first-order chi connectivity index (χ1) is 7.26. The molecule has 0 saturated carbocycles. The van der Waals surface area contributed by atoms with Gasteiger partial charge in [0, 0.05) is 17.9 Å². The zero-order valence-electron chi connectivity index (χ0n) is 8.82. The zero-order valence-corrected chi connectivity index (χ0v) is 8.82. The van der Waals surface area contributed by atoms with E-state index in [2.05, 4.69) is 13.0 Å². The van der Waals surface area contributed by atoms with Gasteiger partial charge < -0.3 is 4.79 Å². The van der Waals surface area contributed by atoms with E-state index < -0.39 is 0 Å². The van der Waals surface area contributed by atoms with Crippen LogP contribution in [0.3, 0.4) is 0 Å². The van der Waals surface area contributed by atoms with E-state index in [4.69, 9.17) is 0 Å². The van der Waals surface area contributed by atoms with Crippen LogP contribution in [0.2, 0.25) is 0 Å². The van der Waals surface area contributed by atoms with E-state index in [0.717, 1.165) is 30.3 Å². The summed E-state index contributed by atoms with van der Waals surface area (Å²) in [5.41, 5.74) is 3.12. The van der Waals surface area contributed by atoms with E-state index >= 15 is 0 Å². The largest absolute Gasteiger partial charge is 0.303 e. The molecule has 0 aliphatic heterocycles. The van der Waals surface area contributed by atoms with Crippen molar-refractivity contribution < 1.29 is 9.59 Å². The number of aldehydes is 1. The Balaban J connectivity index is 2.33. The zero-order chi connectivity index (χ0) is 10.8. The SMILES string of the molecule is CCc1ccc2c(c1)C(=O)C(CC=O)C2. The number of rotatable bonds is 3. The van der Waals surface area contributed by atoms with Crippen LogP contribution in [-0.4, -0.2) is 12.1 Å². The van der Waals surface area contributed by atoms with Crippen LogP contribution in [0.5, 0.6) is 0 Å². The topological polar surface area (TPSA) is 34.1 Å². The molecule has 0 bridgehead atoms. The maximum Gasteiger partial charge on any atom is 0.166 e. The average molecular weight is 202 g/mol. The van der Waals surface area contributed by atoms with Crippen molar-refractivity contribution in [2.75, 3.05) is 0 Å². The Labute approximate surface area is 89.3 Å². The summed E-state index contributed by atoms with van der Waals surface area (Å²) in [5.74, 6) is 0.0389. The summed E-state index contributed by atoms with van der Waals surface area (Å²) in [6.45, 7) is 2.07. The highest BCUT2D eigenvalue weighted by atomic mass is 16.1. The molecule has 0 heterocycles. The second-order valence-electron chi connectivity index (χ2n) is 4.01. The number of fused-ring (bicyclic) bond motifs is 1. The second-order valence-corrected chi connectivity index (χ2v) is 4.01. The van der Waals surface area contributed by atoms with Gasteiger partial charge in [0.05, 0.1) is 0 Å². The molecule has 78 valence electrons. The van der Waals surface area contributed by atoms with Crippen molar-refractivity contribution in [3.05, 3.63) is 34.9 Å². The molecule has 1 aliphatic carbocycles. The van der Waals surface area contributed by atoms with E-state index in [9.17, 15) is 9.59 Å². The van der Waals surface area contributed by atoms with Gasteiger partial charge in [-0.25, -0.2) is 0 Å². The van der Waals surface area contributed by atoms with E-state index in [1.165, 1.54) is 5.56 Å². The molecule has 0 spiro atoms. The third-order valence-electron chi connectivity index (χ3n) is 3.07. The molecule has 1 aliphatic rings. The van der Waals surface area contributed by atoms with Gasteiger partial charge in [-0.05, 0) is 30.0 Å². The van der Waals surface area contributed by atoms with E-state index in [0.29, 0.717) is 6.42 Å². The van der Waals surface area contributed by atoms with Crippen molar-refractivity contribution in [3.8, 4) is 0 Å². The van der Waals surface area contributed by atoms with Crippen LogP contribution >= 0.6 is 0 Å². The van der Waals surface area contributed by atoms with Crippen LogP contribution in [0.25, 0.3) is 0 Å². The molecule has 2 rings (SSSR count). The van der Waals surface area contributed by atoms with Gasteiger partial charge in [0.25, 0.3) is 0 Å². The maximum atomic E-state index is 11.9. The summed E-state index contributed by atoms with van der Waals surface area (Å²) in [5, 5.41) is 0. The molecule has 1 aromatic carbocycles. The number of ketones is 1. The molecular formula is C13H14O2.